The van der Waals surface area contributed by atoms with Crippen LogP contribution in [-0.2, 0) is 20.8 Å². The lowest BCUT2D eigenvalue weighted by atomic mass is 9.73. The van der Waals surface area contributed by atoms with E-state index in [4.69, 9.17) is 9.47 Å². The van der Waals surface area contributed by atoms with Crippen LogP contribution in [0.4, 0.5) is 0 Å². The average Bonchev–Trinajstić information content (AvgIpc) is 2.91. The molecule has 4 heteroatoms. The molecule has 1 aromatic carbocycles. The van der Waals surface area contributed by atoms with E-state index in [1.54, 1.807) is 0 Å². The number of carbonyl (C=O) groups excluding carboxylic acids is 1. The van der Waals surface area contributed by atoms with Gasteiger partial charge in [0.25, 0.3) is 0 Å². The lowest BCUT2D eigenvalue weighted by molar-refractivity contribution is -0.207. The molecular weight excluding hydrogens is 266 g/mol. The van der Waals surface area contributed by atoms with Crippen molar-refractivity contribution in [2.45, 2.75) is 25.2 Å². The molecular formula is C17H21NO3. The normalized spacial score (nSPS) is 31.7. The molecule has 0 radical (unpaired) electrons. The molecule has 1 aromatic rings. The van der Waals surface area contributed by atoms with Crippen molar-refractivity contribution < 1.29 is 14.3 Å². The minimum Gasteiger partial charge on any atom is -0.347 e. The number of hydrogen-bond acceptors (Lipinski definition) is 4. The van der Waals surface area contributed by atoms with Crippen molar-refractivity contribution in [3.05, 3.63) is 35.9 Å². The van der Waals surface area contributed by atoms with Crippen LogP contribution in [0.5, 0.6) is 0 Å². The maximum Gasteiger partial charge on any atom is 0.169 e. The van der Waals surface area contributed by atoms with E-state index in [0.29, 0.717) is 19.0 Å². The molecule has 0 N–H and O–H groups in total. The third-order valence-corrected chi connectivity index (χ3v) is 4.94. The van der Waals surface area contributed by atoms with Crippen LogP contribution in [0.2, 0.25) is 0 Å². The van der Waals surface area contributed by atoms with Crippen molar-refractivity contribution >= 4 is 5.78 Å². The van der Waals surface area contributed by atoms with Crippen molar-refractivity contribution in [2.75, 3.05) is 26.3 Å². The number of ketones is 1. The largest absolute Gasteiger partial charge is 0.347 e. The summed E-state index contributed by atoms with van der Waals surface area (Å²) in [7, 11) is 0. The minimum absolute atomic E-state index is 0.0688. The predicted octanol–water partition coefficient (Wildman–Crippen LogP) is 1.84. The van der Waals surface area contributed by atoms with Crippen LogP contribution in [0.3, 0.4) is 0 Å². The Kier molecular flexibility index (Phi) is 3.32. The summed E-state index contributed by atoms with van der Waals surface area (Å²) in [5.74, 6) is 0.102. The second-order valence-electron chi connectivity index (χ2n) is 6.49. The molecule has 1 saturated carbocycles. The molecule has 3 fully saturated rings. The maximum absolute atomic E-state index is 12.4. The molecule has 1 spiro atoms. The van der Waals surface area contributed by atoms with E-state index in [1.807, 2.05) is 6.07 Å². The smallest absolute Gasteiger partial charge is 0.169 e. The number of rotatable bonds is 2. The monoisotopic (exact) mass is 287 g/mol. The molecule has 1 aliphatic carbocycles. The molecule has 3 aliphatic rings. The van der Waals surface area contributed by atoms with E-state index in [1.165, 1.54) is 5.56 Å². The Bertz CT molecular complexity index is 504. The van der Waals surface area contributed by atoms with Gasteiger partial charge in [0.15, 0.2) is 5.79 Å². The Morgan fingerprint density at radius 3 is 2.29 bits per heavy atom. The Morgan fingerprint density at radius 2 is 1.67 bits per heavy atom. The van der Waals surface area contributed by atoms with Crippen LogP contribution in [0.1, 0.15) is 18.4 Å². The predicted molar refractivity (Wildman–Crippen MR) is 77.6 cm³/mol. The topological polar surface area (TPSA) is 38.8 Å². The van der Waals surface area contributed by atoms with Crippen molar-refractivity contribution in [1.82, 2.24) is 4.90 Å². The summed E-state index contributed by atoms with van der Waals surface area (Å²) in [6.45, 7) is 3.93. The highest BCUT2D eigenvalue weighted by molar-refractivity contribution is 5.85. The molecule has 2 saturated heterocycles. The quantitative estimate of drug-likeness (QED) is 0.832. The molecule has 2 aliphatic heterocycles. The highest BCUT2D eigenvalue weighted by atomic mass is 16.7. The van der Waals surface area contributed by atoms with Gasteiger partial charge in [-0.3, -0.25) is 9.69 Å². The van der Waals surface area contributed by atoms with Gasteiger partial charge in [0.2, 0.25) is 0 Å². The van der Waals surface area contributed by atoms with Gasteiger partial charge in [-0.2, -0.15) is 0 Å². The van der Waals surface area contributed by atoms with Gasteiger partial charge >= 0.3 is 0 Å². The summed E-state index contributed by atoms with van der Waals surface area (Å²) in [6, 6.07) is 10.5. The summed E-state index contributed by atoms with van der Waals surface area (Å²) < 4.78 is 11.7. The molecule has 112 valence electrons. The minimum atomic E-state index is -0.456. The van der Waals surface area contributed by atoms with Gasteiger partial charge in [-0.05, 0) is 5.56 Å². The first-order chi connectivity index (χ1) is 10.2. The lowest BCUT2D eigenvalue weighted by Crippen LogP contribution is -2.56. The molecule has 21 heavy (non-hydrogen) atoms. The fourth-order valence-electron chi connectivity index (χ4n) is 4.08. The number of ether oxygens (including phenoxy) is 2. The molecule has 2 heterocycles. The molecule has 2 bridgehead atoms. The number of hydrogen-bond donors (Lipinski definition) is 0. The number of fused-ring (bicyclic) bond motifs is 2. The molecule has 4 nitrogen and oxygen atoms in total. The second kappa shape index (κ2) is 5.20. The SMILES string of the molecule is O=C1C2CN(Cc3ccccc3)CC1CC1(C2)OCCO1. The van der Waals surface area contributed by atoms with Crippen molar-refractivity contribution in [3.63, 3.8) is 0 Å². The highest BCUT2D eigenvalue weighted by Gasteiger charge is 2.51. The van der Waals surface area contributed by atoms with Gasteiger partial charge < -0.3 is 9.47 Å². The Morgan fingerprint density at radius 1 is 1.05 bits per heavy atom. The number of likely N-dealkylation sites (tertiary alicyclic amines) is 1. The summed E-state index contributed by atoms with van der Waals surface area (Å²) in [5.41, 5.74) is 1.31. The van der Waals surface area contributed by atoms with E-state index in [-0.39, 0.29) is 11.8 Å². The van der Waals surface area contributed by atoms with E-state index in [0.717, 1.165) is 32.5 Å². The van der Waals surface area contributed by atoms with E-state index < -0.39 is 5.79 Å². The van der Waals surface area contributed by atoms with Crippen LogP contribution in [0.25, 0.3) is 0 Å². The summed E-state index contributed by atoms with van der Waals surface area (Å²) in [6.07, 6.45) is 1.46. The van der Waals surface area contributed by atoms with Gasteiger partial charge in [-0.25, -0.2) is 0 Å². The van der Waals surface area contributed by atoms with Gasteiger partial charge in [0, 0.05) is 44.3 Å². The zero-order valence-corrected chi connectivity index (χ0v) is 12.2. The van der Waals surface area contributed by atoms with Gasteiger partial charge in [0.05, 0.1) is 13.2 Å². The Labute approximate surface area is 125 Å². The van der Waals surface area contributed by atoms with Crippen molar-refractivity contribution in [3.8, 4) is 0 Å². The van der Waals surface area contributed by atoms with Crippen LogP contribution in [-0.4, -0.2) is 42.8 Å². The Hall–Kier alpha value is -1.23. The third kappa shape index (κ3) is 2.52. The van der Waals surface area contributed by atoms with Gasteiger partial charge in [0.1, 0.15) is 5.78 Å². The number of piperidine rings is 1. The fraction of sp³-hybridized carbons (Fsp3) is 0.588. The average molecular weight is 287 g/mol. The van der Waals surface area contributed by atoms with Gasteiger partial charge in [-0.15, -0.1) is 0 Å². The lowest BCUT2D eigenvalue weighted by Gasteiger charge is -2.46. The van der Waals surface area contributed by atoms with Crippen molar-refractivity contribution in [1.29, 1.82) is 0 Å². The van der Waals surface area contributed by atoms with E-state index in [2.05, 4.69) is 29.2 Å². The van der Waals surface area contributed by atoms with Gasteiger partial charge in [-0.1, -0.05) is 30.3 Å². The van der Waals surface area contributed by atoms with E-state index >= 15 is 0 Å². The molecule has 2 unspecified atom stereocenters. The first kappa shape index (κ1) is 13.4. The molecule has 0 aromatic heterocycles. The Balaban J connectivity index is 1.48. The highest BCUT2D eigenvalue weighted by Crippen LogP contribution is 2.42. The number of Topliss-reactive ketones (excluding diaryl/α,β-unsaturated/α-hetero) is 1. The number of benzene rings is 1. The zero-order valence-electron chi connectivity index (χ0n) is 12.2. The fourth-order valence-corrected chi connectivity index (χ4v) is 4.08. The summed E-state index contributed by atoms with van der Waals surface area (Å²) >= 11 is 0. The first-order valence-corrected chi connectivity index (χ1v) is 7.82. The number of carbonyl (C=O) groups is 1. The van der Waals surface area contributed by atoms with Crippen molar-refractivity contribution in [2.24, 2.45) is 11.8 Å². The van der Waals surface area contributed by atoms with Crippen LogP contribution >= 0.6 is 0 Å². The number of nitrogens with zero attached hydrogens (tertiary/aromatic N) is 1. The summed E-state index contributed by atoms with van der Waals surface area (Å²) in [5, 5.41) is 0. The standard InChI is InChI=1S/C17H21NO3/c19-16-14-8-17(20-6-7-21-17)9-15(16)12-18(11-14)10-13-4-2-1-3-5-13/h1-5,14-15H,6-12H2. The third-order valence-electron chi connectivity index (χ3n) is 4.94. The van der Waals surface area contributed by atoms with Crippen LogP contribution in [0, 0.1) is 11.8 Å². The maximum atomic E-state index is 12.4. The molecule has 2 atom stereocenters. The van der Waals surface area contributed by atoms with E-state index in [9.17, 15) is 4.79 Å². The van der Waals surface area contributed by atoms with Crippen LogP contribution in [0.15, 0.2) is 30.3 Å². The summed E-state index contributed by atoms with van der Waals surface area (Å²) in [4.78, 5) is 14.8. The second-order valence-corrected chi connectivity index (χ2v) is 6.49. The first-order valence-electron chi connectivity index (χ1n) is 7.82. The zero-order chi connectivity index (χ0) is 14.3. The molecule has 0 amide bonds. The molecule has 4 rings (SSSR count). The van der Waals surface area contributed by atoms with Crippen LogP contribution < -0.4 is 0 Å².